The number of nitriles is 2. The number of likely N-dealkylation sites (N-methyl/N-ethyl adjacent to an activating group) is 1. The van der Waals surface area contributed by atoms with Crippen LogP contribution in [0.2, 0.25) is 0 Å². The van der Waals surface area contributed by atoms with Crippen molar-refractivity contribution in [3.63, 3.8) is 0 Å². The Labute approximate surface area is 287 Å². The number of rotatable bonds is 8. The van der Waals surface area contributed by atoms with Crippen molar-refractivity contribution in [3.8, 4) is 29.3 Å². The first-order valence-corrected chi connectivity index (χ1v) is 17.3. The second kappa shape index (κ2) is 12.6. The molecule has 3 aliphatic heterocycles. The molecule has 13 heteroatoms. The molecular weight excluding hydrogens is 647 g/mol. The van der Waals surface area contributed by atoms with Crippen LogP contribution in [0.5, 0.6) is 6.01 Å². The van der Waals surface area contributed by atoms with Gasteiger partial charge in [-0.1, -0.05) is 19.6 Å². The zero-order valence-corrected chi connectivity index (χ0v) is 28.2. The van der Waals surface area contributed by atoms with Gasteiger partial charge in [-0.15, -0.1) is 11.3 Å². The maximum Gasteiger partial charge on any atom is 0.319 e. The first-order valence-electron chi connectivity index (χ1n) is 16.5. The Kier molecular flexibility index (Phi) is 8.37. The zero-order valence-electron chi connectivity index (χ0n) is 27.4. The number of carbonyl (C=O) groups is 1. The van der Waals surface area contributed by atoms with E-state index in [1.807, 2.05) is 23.8 Å². The molecule has 2 aromatic carbocycles. The van der Waals surface area contributed by atoms with Gasteiger partial charge in [0.1, 0.15) is 35.5 Å². The molecule has 0 aliphatic carbocycles. The quantitative estimate of drug-likeness (QED) is 0.224. The van der Waals surface area contributed by atoms with Crippen molar-refractivity contribution in [2.45, 2.75) is 62.8 Å². The minimum absolute atomic E-state index is 0.0974. The third-order valence-electron chi connectivity index (χ3n) is 10.6. The van der Waals surface area contributed by atoms with Crippen LogP contribution < -0.4 is 15.4 Å². The summed E-state index contributed by atoms with van der Waals surface area (Å²) in [7, 11) is 1.92. The van der Waals surface area contributed by atoms with Crippen molar-refractivity contribution in [1.29, 1.82) is 10.5 Å². The normalized spacial score (nSPS) is 23.5. The van der Waals surface area contributed by atoms with Gasteiger partial charge in [0.25, 0.3) is 0 Å². The van der Waals surface area contributed by atoms with Gasteiger partial charge in [-0.2, -0.15) is 20.5 Å². The number of likely N-dealkylation sites (tertiary alicyclic amines) is 1. The van der Waals surface area contributed by atoms with Crippen molar-refractivity contribution in [2.24, 2.45) is 0 Å². The predicted octanol–water partition coefficient (Wildman–Crippen LogP) is 5.93. The van der Waals surface area contributed by atoms with Crippen molar-refractivity contribution < 1.29 is 18.3 Å². The molecule has 4 atom stereocenters. The number of amides is 1. The lowest BCUT2D eigenvalue weighted by Gasteiger charge is -2.34. The largest absolute Gasteiger partial charge is 0.461 e. The third kappa shape index (κ3) is 5.32. The van der Waals surface area contributed by atoms with Gasteiger partial charge < -0.3 is 20.3 Å². The molecule has 0 bridgehead atoms. The number of fused-ring (bicyclic) bond motifs is 3. The highest BCUT2D eigenvalue weighted by Gasteiger charge is 2.49. The summed E-state index contributed by atoms with van der Waals surface area (Å²) >= 11 is 0.991. The molecule has 0 spiro atoms. The average Bonchev–Trinajstić information content (AvgIpc) is 3.86. The van der Waals surface area contributed by atoms with Gasteiger partial charge in [-0.25, -0.2) is 8.78 Å². The summed E-state index contributed by atoms with van der Waals surface area (Å²) < 4.78 is 36.1. The van der Waals surface area contributed by atoms with E-state index in [0.717, 1.165) is 30.7 Å². The van der Waals surface area contributed by atoms with E-state index in [9.17, 15) is 24.1 Å². The molecular formula is C36H36F2N8O2S. The SMILES string of the molecule is C=CC(=O)N1CC[C@@H](N(C)c2nc(OC[C@@]34CCCN3C[C@H](F)C4)nc3cc(-c4ccc(F)c5sc(N)c(C#N)c45)c(C#N)cc23)[C@H]1CC. The van der Waals surface area contributed by atoms with Gasteiger partial charge >= 0.3 is 6.01 Å². The molecule has 0 saturated carbocycles. The van der Waals surface area contributed by atoms with Crippen molar-refractivity contribution in [3.05, 3.63) is 53.9 Å². The number of halogens is 2. The summed E-state index contributed by atoms with van der Waals surface area (Å²) in [6.45, 7) is 7.72. The van der Waals surface area contributed by atoms with Crippen LogP contribution >= 0.6 is 11.3 Å². The van der Waals surface area contributed by atoms with Crippen LogP contribution in [0.3, 0.4) is 0 Å². The Bertz CT molecular complexity index is 2090. The maximum absolute atomic E-state index is 15.0. The number of hydrogen-bond donors (Lipinski definition) is 1. The lowest BCUT2D eigenvalue weighted by atomic mass is 9.94. The Morgan fingerprint density at radius 3 is 2.82 bits per heavy atom. The van der Waals surface area contributed by atoms with Gasteiger partial charge in [0.2, 0.25) is 5.91 Å². The van der Waals surface area contributed by atoms with E-state index < -0.39 is 17.5 Å². The summed E-state index contributed by atoms with van der Waals surface area (Å²) in [6.07, 6.45) is 4.00. The molecule has 7 rings (SSSR count). The van der Waals surface area contributed by atoms with Crippen LogP contribution in [0.1, 0.15) is 50.2 Å². The molecule has 4 aromatic rings. The number of ether oxygens (including phenoxy) is 1. The molecule has 252 valence electrons. The summed E-state index contributed by atoms with van der Waals surface area (Å²) in [5.74, 6) is -0.112. The minimum Gasteiger partial charge on any atom is -0.461 e. The van der Waals surface area contributed by atoms with E-state index in [-0.39, 0.29) is 51.4 Å². The molecule has 3 fully saturated rings. The molecule has 3 aliphatic rings. The van der Waals surface area contributed by atoms with Crippen LogP contribution in [-0.4, -0.2) is 82.8 Å². The van der Waals surface area contributed by atoms with E-state index in [0.29, 0.717) is 65.6 Å². The van der Waals surface area contributed by atoms with Crippen LogP contribution in [0, 0.1) is 28.5 Å². The molecule has 2 aromatic heterocycles. The van der Waals surface area contributed by atoms with Crippen molar-refractivity contribution >= 4 is 49.1 Å². The standard InChI is InChI=1S/C36H36F2N8O2S/c1-4-28-29(9-12-46(28)30(47)5-2)44(3)34-24-13-20(16-39)23(22-7-8-26(38)32-31(22)25(17-40)33(41)49-32)14-27(24)42-35(43-34)48-19-36-10-6-11-45(36)18-21(37)15-36/h5,7-8,13-14,21,28-29H,2,4,6,9-12,15,18-19,41H2,1,3H3/t21-,28-,29-,36+/m1/s1. The van der Waals surface area contributed by atoms with Gasteiger partial charge in [0, 0.05) is 42.9 Å². The molecule has 3 saturated heterocycles. The summed E-state index contributed by atoms with van der Waals surface area (Å²) in [6, 6.07) is 10.6. The zero-order chi connectivity index (χ0) is 34.6. The first-order chi connectivity index (χ1) is 23.6. The maximum atomic E-state index is 15.0. The number of anilines is 2. The number of alkyl halides is 1. The predicted molar refractivity (Wildman–Crippen MR) is 186 cm³/mol. The number of nitrogens with two attached hydrogens (primary N) is 1. The van der Waals surface area contributed by atoms with E-state index >= 15 is 0 Å². The number of nitrogen functional groups attached to an aromatic ring is 1. The lowest BCUT2D eigenvalue weighted by molar-refractivity contribution is -0.126. The number of carbonyl (C=O) groups excluding carboxylic acids is 1. The Morgan fingerprint density at radius 1 is 1.27 bits per heavy atom. The molecule has 49 heavy (non-hydrogen) atoms. The molecule has 10 nitrogen and oxygen atoms in total. The Balaban J connectivity index is 1.38. The third-order valence-corrected chi connectivity index (χ3v) is 11.6. The van der Waals surface area contributed by atoms with E-state index in [1.54, 1.807) is 18.2 Å². The highest BCUT2D eigenvalue weighted by molar-refractivity contribution is 7.23. The number of nitrogens with zero attached hydrogens (tertiary/aromatic N) is 7. The van der Waals surface area contributed by atoms with Gasteiger partial charge in [-0.05, 0) is 62.1 Å². The number of aromatic nitrogens is 2. The summed E-state index contributed by atoms with van der Waals surface area (Å²) in [5, 5.41) is 21.5. The highest BCUT2D eigenvalue weighted by atomic mass is 32.1. The van der Waals surface area contributed by atoms with Crippen molar-refractivity contribution in [1.82, 2.24) is 19.8 Å². The van der Waals surface area contributed by atoms with Crippen LogP contribution in [0.4, 0.5) is 19.6 Å². The van der Waals surface area contributed by atoms with Gasteiger partial charge in [0.15, 0.2) is 0 Å². The van der Waals surface area contributed by atoms with E-state index in [1.165, 1.54) is 12.1 Å². The molecule has 0 radical (unpaired) electrons. The van der Waals surface area contributed by atoms with Crippen LogP contribution in [0.15, 0.2) is 36.9 Å². The monoisotopic (exact) mass is 682 g/mol. The fraction of sp³-hybridized carbons (Fsp3) is 0.417. The Hall–Kier alpha value is -4.85. The first kappa shape index (κ1) is 32.7. The molecule has 5 heterocycles. The second-order valence-corrected chi connectivity index (χ2v) is 14.2. The number of thiophene rings is 1. The highest BCUT2D eigenvalue weighted by Crippen LogP contribution is 2.44. The summed E-state index contributed by atoms with van der Waals surface area (Å²) in [5.41, 5.74) is 7.55. The smallest absolute Gasteiger partial charge is 0.319 e. The molecule has 0 unspecified atom stereocenters. The van der Waals surface area contributed by atoms with Crippen molar-refractivity contribution in [2.75, 3.05) is 43.9 Å². The van der Waals surface area contributed by atoms with Gasteiger partial charge in [-0.3, -0.25) is 9.69 Å². The van der Waals surface area contributed by atoms with Crippen LogP contribution in [-0.2, 0) is 4.79 Å². The second-order valence-electron chi connectivity index (χ2n) is 13.2. The Morgan fingerprint density at radius 2 is 2.08 bits per heavy atom. The number of hydrogen-bond acceptors (Lipinski definition) is 10. The summed E-state index contributed by atoms with van der Waals surface area (Å²) in [4.78, 5) is 28.5. The number of benzene rings is 2. The fourth-order valence-electron chi connectivity index (χ4n) is 8.29. The average molecular weight is 683 g/mol. The lowest BCUT2D eigenvalue weighted by Crippen LogP contribution is -2.45. The molecule has 2 N–H and O–H groups in total. The fourth-order valence-corrected chi connectivity index (χ4v) is 9.24. The topological polar surface area (TPSA) is 135 Å². The van der Waals surface area contributed by atoms with E-state index in [4.69, 9.17) is 20.4 Å². The van der Waals surface area contributed by atoms with Gasteiger partial charge in [0.05, 0.1) is 45.0 Å². The molecule has 1 amide bonds. The minimum atomic E-state index is -0.915. The van der Waals surface area contributed by atoms with Crippen LogP contribution in [0.25, 0.3) is 32.1 Å². The van der Waals surface area contributed by atoms with E-state index in [2.05, 4.69) is 23.6 Å².